The van der Waals surface area contributed by atoms with Gasteiger partial charge in [-0.25, -0.2) is 4.79 Å². The number of ether oxygens (including phenoxy) is 1. The van der Waals surface area contributed by atoms with E-state index in [1.165, 1.54) is 16.6 Å². The minimum Gasteiger partial charge on any atom is -0.464 e. The number of unbranched alkanes of at least 4 members (excludes halogenated alkanes) is 1. The summed E-state index contributed by atoms with van der Waals surface area (Å²) in [4.78, 5) is 41.7. The minimum absolute atomic E-state index is 0.00669. The van der Waals surface area contributed by atoms with Gasteiger partial charge in [0.15, 0.2) is 5.69 Å². The molecule has 3 aromatic rings. The van der Waals surface area contributed by atoms with E-state index in [4.69, 9.17) is 14.9 Å². The lowest BCUT2D eigenvalue weighted by atomic mass is 10.1. The minimum atomic E-state index is -0.702. The lowest BCUT2D eigenvalue weighted by molar-refractivity contribution is -0.118. The summed E-state index contributed by atoms with van der Waals surface area (Å²) in [6.45, 7) is 4.61. The summed E-state index contributed by atoms with van der Waals surface area (Å²) in [5.74, 6) is -0.377. The van der Waals surface area contributed by atoms with Crippen molar-refractivity contribution in [3.63, 3.8) is 0 Å². The van der Waals surface area contributed by atoms with Crippen LogP contribution >= 0.6 is 0 Å². The SMILES string of the molecule is CCCCn1c(N)c(N(CCOC)C(=O)Cc2coc3cc(C)ccc23)c(=O)[nH]c1=O. The number of fused-ring (bicyclic) bond motifs is 1. The van der Waals surface area contributed by atoms with Crippen molar-refractivity contribution in [3.05, 3.63) is 56.4 Å². The zero-order valence-corrected chi connectivity index (χ0v) is 18.1. The Balaban J connectivity index is 2.00. The van der Waals surface area contributed by atoms with Gasteiger partial charge in [-0.1, -0.05) is 25.5 Å². The largest absolute Gasteiger partial charge is 0.464 e. The number of methoxy groups -OCH3 is 1. The van der Waals surface area contributed by atoms with Crippen molar-refractivity contribution >= 4 is 28.4 Å². The van der Waals surface area contributed by atoms with Gasteiger partial charge >= 0.3 is 5.69 Å². The van der Waals surface area contributed by atoms with E-state index in [1.54, 1.807) is 6.26 Å². The number of aromatic nitrogens is 2. The van der Waals surface area contributed by atoms with Crippen LogP contribution in [0.4, 0.5) is 11.5 Å². The number of hydrogen-bond donors (Lipinski definition) is 2. The Morgan fingerprint density at radius 2 is 2.10 bits per heavy atom. The van der Waals surface area contributed by atoms with Gasteiger partial charge in [0.2, 0.25) is 5.91 Å². The van der Waals surface area contributed by atoms with Crippen molar-refractivity contribution < 1.29 is 13.9 Å². The van der Waals surface area contributed by atoms with Gasteiger partial charge < -0.3 is 19.8 Å². The van der Waals surface area contributed by atoms with Crippen molar-refractivity contribution in [1.82, 2.24) is 9.55 Å². The maximum Gasteiger partial charge on any atom is 0.330 e. The fourth-order valence-corrected chi connectivity index (χ4v) is 3.51. The van der Waals surface area contributed by atoms with E-state index in [9.17, 15) is 14.4 Å². The molecule has 2 aromatic heterocycles. The Bertz CT molecular complexity index is 1190. The first-order valence-corrected chi connectivity index (χ1v) is 10.3. The summed E-state index contributed by atoms with van der Waals surface area (Å²) < 4.78 is 12.0. The number of carbonyl (C=O) groups excluding carboxylic acids is 1. The molecule has 166 valence electrons. The Labute approximate surface area is 179 Å². The molecule has 0 aliphatic rings. The van der Waals surface area contributed by atoms with Crippen LogP contribution in [-0.4, -0.2) is 35.7 Å². The molecule has 3 rings (SSSR count). The summed E-state index contributed by atoms with van der Waals surface area (Å²) >= 11 is 0. The van der Waals surface area contributed by atoms with Crippen molar-refractivity contribution in [3.8, 4) is 0 Å². The molecule has 0 radical (unpaired) electrons. The molecule has 9 nitrogen and oxygen atoms in total. The first-order valence-electron chi connectivity index (χ1n) is 10.3. The number of nitrogen functional groups attached to an aromatic ring is 1. The highest BCUT2D eigenvalue weighted by atomic mass is 16.5. The molecule has 0 aliphatic carbocycles. The highest BCUT2D eigenvalue weighted by Gasteiger charge is 2.25. The van der Waals surface area contributed by atoms with Crippen LogP contribution in [-0.2, 0) is 22.5 Å². The smallest absolute Gasteiger partial charge is 0.330 e. The maximum absolute atomic E-state index is 13.3. The van der Waals surface area contributed by atoms with Crippen LogP contribution in [0.15, 0.2) is 38.5 Å². The first-order chi connectivity index (χ1) is 14.9. The normalized spacial score (nSPS) is 11.2. The van der Waals surface area contributed by atoms with Gasteiger partial charge in [-0.05, 0) is 25.0 Å². The van der Waals surface area contributed by atoms with Gasteiger partial charge in [-0.3, -0.25) is 19.1 Å². The topological polar surface area (TPSA) is 124 Å². The van der Waals surface area contributed by atoms with Crippen LogP contribution in [0.2, 0.25) is 0 Å². The average molecular weight is 428 g/mol. The van der Waals surface area contributed by atoms with Crippen LogP contribution in [0.5, 0.6) is 0 Å². The monoisotopic (exact) mass is 428 g/mol. The molecule has 3 N–H and O–H groups in total. The van der Waals surface area contributed by atoms with E-state index < -0.39 is 11.2 Å². The third-order valence-corrected chi connectivity index (χ3v) is 5.19. The lowest BCUT2D eigenvalue weighted by Gasteiger charge is -2.24. The summed E-state index contributed by atoms with van der Waals surface area (Å²) in [5.41, 5.74) is 7.32. The molecular weight excluding hydrogens is 400 g/mol. The van der Waals surface area contributed by atoms with Crippen molar-refractivity contribution in [1.29, 1.82) is 0 Å². The number of hydrogen-bond acceptors (Lipinski definition) is 6. The number of nitrogens with one attached hydrogen (secondary N) is 1. The van der Waals surface area contributed by atoms with Gasteiger partial charge in [0.1, 0.15) is 11.4 Å². The standard InChI is InChI=1S/C22H28N4O5/c1-4-5-8-26-20(23)19(21(28)24-22(26)29)25(9-10-30-3)18(27)12-15-13-31-17-11-14(2)6-7-16(15)17/h6-7,11,13H,4-5,8-10,12,23H2,1-3H3,(H,24,28,29). The van der Waals surface area contributed by atoms with E-state index in [1.807, 2.05) is 32.0 Å². The third kappa shape index (κ3) is 4.72. The number of amides is 1. The van der Waals surface area contributed by atoms with Gasteiger partial charge in [-0.15, -0.1) is 0 Å². The number of aryl methyl sites for hydroxylation is 1. The maximum atomic E-state index is 13.3. The van der Waals surface area contributed by atoms with Gasteiger partial charge in [-0.2, -0.15) is 0 Å². The Morgan fingerprint density at radius 1 is 1.32 bits per heavy atom. The predicted molar refractivity (Wildman–Crippen MR) is 120 cm³/mol. The number of furan rings is 1. The summed E-state index contributed by atoms with van der Waals surface area (Å²) in [7, 11) is 1.50. The number of aromatic amines is 1. The second kappa shape index (κ2) is 9.65. The van der Waals surface area contributed by atoms with E-state index in [0.717, 1.165) is 17.4 Å². The third-order valence-electron chi connectivity index (χ3n) is 5.19. The molecule has 31 heavy (non-hydrogen) atoms. The van der Waals surface area contributed by atoms with E-state index >= 15 is 0 Å². The summed E-state index contributed by atoms with van der Waals surface area (Å²) in [6.07, 6.45) is 3.11. The van der Waals surface area contributed by atoms with Gasteiger partial charge in [0.25, 0.3) is 5.56 Å². The van der Waals surface area contributed by atoms with Crippen molar-refractivity contribution in [2.24, 2.45) is 0 Å². The predicted octanol–water partition coefficient (Wildman–Crippen LogP) is 2.20. The highest BCUT2D eigenvalue weighted by molar-refractivity contribution is 5.98. The molecule has 0 bridgehead atoms. The quantitative estimate of drug-likeness (QED) is 0.538. The second-order valence-corrected chi connectivity index (χ2v) is 7.47. The number of carbonyl (C=O) groups is 1. The number of rotatable bonds is 9. The summed E-state index contributed by atoms with van der Waals surface area (Å²) in [5, 5.41) is 0.834. The zero-order valence-electron chi connectivity index (χ0n) is 18.1. The Hall–Kier alpha value is -3.33. The fourth-order valence-electron chi connectivity index (χ4n) is 3.51. The van der Waals surface area contributed by atoms with Crippen LogP contribution in [0.25, 0.3) is 11.0 Å². The number of nitrogens with two attached hydrogens (primary N) is 1. The number of benzene rings is 1. The van der Waals surface area contributed by atoms with E-state index in [2.05, 4.69) is 4.98 Å². The number of H-pyrrole nitrogens is 1. The molecule has 0 saturated heterocycles. The molecule has 0 fully saturated rings. The lowest BCUT2D eigenvalue weighted by Crippen LogP contribution is -2.43. The number of anilines is 2. The summed E-state index contributed by atoms with van der Waals surface area (Å²) in [6, 6.07) is 5.75. The molecule has 0 atom stereocenters. The average Bonchev–Trinajstić information content (AvgIpc) is 3.11. The zero-order chi connectivity index (χ0) is 22.5. The molecule has 1 aromatic carbocycles. The molecular formula is C22H28N4O5. The number of nitrogens with zero attached hydrogens (tertiary/aromatic N) is 2. The fraction of sp³-hybridized carbons (Fsp3) is 0.409. The van der Waals surface area contributed by atoms with E-state index in [0.29, 0.717) is 24.1 Å². The molecule has 0 aliphatic heterocycles. The van der Waals surface area contributed by atoms with Crippen molar-refractivity contribution in [2.75, 3.05) is 30.9 Å². The molecule has 0 saturated carbocycles. The Morgan fingerprint density at radius 3 is 2.81 bits per heavy atom. The van der Waals surface area contributed by atoms with Crippen LogP contribution < -0.4 is 21.9 Å². The van der Waals surface area contributed by atoms with E-state index in [-0.39, 0.29) is 37.0 Å². The van der Waals surface area contributed by atoms with Crippen LogP contribution in [0.1, 0.15) is 30.9 Å². The molecule has 9 heteroatoms. The van der Waals surface area contributed by atoms with Crippen LogP contribution in [0.3, 0.4) is 0 Å². The second-order valence-electron chi connectivity index (χ2n) is 7.47. The highest BCUT2D eigenvalue weighted by Crippen LogP contribution is 2.24. The molecule has 2 heterocycles. The van der Waals surface area contributed by atoms with Crippen molar-refractivity contribution in [2.45, 2.75) is 39.7 Å². The molecule has 0 unspecified atom stereocenters. The van der Waals surface area contributed by atoms with Gasteiger partial charge in [0, 0.05) is 31.1 Å². The molecule has 1 amide bonds. The molecule has 0 spiro atoms. The van der Waals surface area contributed by atoms with Crippen LogP contribution in [0, 0.1) is 6.92 Å². The first kappa shape index (κ1) is 22.4. The van der Waals surface area contributed by atoms with Gasteiger partial charge in [0.05, 0.1) is 19.3 Å². The Kier molecular flexibility index (Phi) is 6.96.